The van der Waals surface area contributed by atoms with Crippen LogP contribution in [0.3, 0.4) is 0 Å². The first-order valence-corrected chi connectivity index (χ1v) is 3.39. The van der Waals surface area contributed by atoms with Gasteiger partial charge in [0, 0.05) is 6.08 Å². The largest absolute Gasteiger partial charge is 0.461 e. The summed E-state index contributed by atoms with van der Waals surface area (Å²) < 4.78 is 4.67. The van der Waals surface area contributed by atoms with E-state index in [0.29, 0.717) is 6.54 Å². The summed E-state index contributed by atoms with van der Waals surface area (Å²) in [4.78, 5) is 19.9. The van der Waals surface area contributed by atoms with Crippen molar-refractivity contribution in [2.45, 2.75) is 0 Å². The van der Waals surface area contributed by atoms with E-state index in [1.54, 1.807) is 0 Å². The van der Waals surface area contributed by atoms with Crippen LogP contribution in [0.1, 0.15) is 0 Å². The number of hydrogen-bond acceptors (Lipinski definition) is 5. The third-order valence-electron chi connectivity index (χ3n) is 1.09. The summed E-state index contributed by atoms with van der Waals surface area (Å²) in [5.74, 6) is -0.456. The lowest BCUT2D eigenvalue weighted by Crippen LogP contribution is -2.26. The molecule has 0 N–H and O–H groups in total. The second kappa shape index (κ2) is 6.78. The summed E-state index contributed by atoms with van der Waals surface area (Å²) in [7, 11) is 2.91. The highest BCUT2D eigenvalue weighted by molar-refractivity contribution is 5.81. The standard InChI is InChI=1S/C7H13NO4/c1-4-7(9)12-6-5-8(10-2)11-3/h4H,1,5-6H2,2-3H3. The number of carbonyl (C=O) groups is 1. The van der Waals surface area contributed by atoms with Gasteiger partial charge < -0.3 is 4.74 Å². The van der Waals surface area contributed by atoms with Gasteiger partial charge in [-0.2, -0.15) is 0 Å². The molecule has 0 unspecified atom stereocenters. The van der Waals surface area contributed by atoms with E-state index in [1.165, 1.54) is 19.4 Å². The number of esters is 1. The zero-order valence-corrected chi connectivity index (χ0v) is 7.28. The highest BCUT2D eigenvalue weighted by atomic mass is 16.9. The van der Waals surface area contributed by atoms with Gasteiger partial charge in [0.05, 0.1) is 20.8 Å². The number of nitrogens with zero attached hydrogens (tertiary/aromatic N) is 1. The molecule has 0 radical (unpaired) electrons. The maximum atomic E-state index is 10.5. The Balaban J connectivity index is 3.40. The molecule has 0 fully saturated rings. The van der Waals surface area contributed by atoms with Crippen LogP contribution in [-0.4, -0.2) is 38.6 Å². The molecule has 0 saturated heterocycles. The molecule has 12 heavy (non-hydrogen) atoms. The lowest BCUT2D eigenvalue weighted by molar-refractivity contribution is -0.344. The van der Waals surface area contributed by atoms with Crippen molar-refractivity contribution in [3.8, 4) is 0 Å². The first kappa shape index (κ1) is 11.1. The predicted octanol–water partition coefficient (Wildman–Crippen LogP) is 0.140. The van der Waals surface area contributed by atoms with E-state index in [4.69, 9.17) is 9.68 Å². The average Bonchev–Trinajstić information content (AvgIpc) is 2.12. The molecule has 0 aliphatic carbocycles. The molecular formula is C7H13NO4. The molecule has 0 aliphatic heterocycles. The topological polar surface area (TPSA) is 48.0 Å². The van der Waals surface area contributed by atoms with Crippen LogP contribution in [0.25, 0.3) is 0 Å². The van der Waals surface area contributed by atoms with Crippen LogP contribution in [0.5, 0.6) is 0 Å². The zero-order chi connectivity index (χ0) is 9.40. The highest BCUT2D eigenvalue weighted by Crippen LogP contribution is 1.88. The summed E-state index contributed by atoms with van der Waals surface area (Å²) in [6.07, 6.45) is 1.10. The van der Waals surface area contributed by atoms with Crippen molar-refractivity contribution in [1.82, 2.24) is 5.23 Å². The highest BCUT2D eigenvalue weighted by Gasteiger charge is 2.02. The summed E-state index contributed by atoms with van der Waals surface area (Å²) in [5.41, 5.74) is 0. The van der Waals surface area contributed by atoms with E-state index in [-0.39, 0.29) is 6.61 Å². The van der Waals surface area contributed by atoms with Crippen molar-refractivity contribution < 1.29 is 19.2 Å². The van der Waals surface area contributed by atoms with Gasteiger partial charge in [-0.1, -0.05) is 11.8 Å². The van der Waals surface area contributed by atoms with Crippen molar-refractivity contribution in [2.24, 2.45) is 0 Å². The van der Waals surface area contributed by atoms with Crippen LogP contribution in [0, 0.1) is 0 Å². The van der Waals surface area contributed by atoms with Crippen LogP contribution < -0.4 is 0 Å². The van der Waals surface area contributed by atoms with Gasteiger partial charge in [-0.25, -0.2) is 4.79 Å². The lowest BCUT2D eigenvalue weighted by atomic mass is 10.6. The van der Waals surface area contributed by atoms with Crippen LogP contribution in [0.2, 0.25) is 0 Å². The predicted molar refractivity (Wildman–Crippen MR) is 41.9 cm³/mol. The molecule has 0 amide bonds. The second-order valence-corrected chi connectivity index (χ2v) is 1.79. The first-order valence-electron chi connectivity index (χ1n) is 3.39. The molecule has 0 saturated carbocycles. The van der Waals surface area contributed by atoms with Crippen molar-refractivity contribution >= 4 is 5.97 Å². The van der Waals surface area contributed by atoms with Crippen molar-refractivity contribution in [1.29, 1.82) is 0 Å². The normalized spacial score (nSPS) is 9.92. The zero-order valence-electron chi connectivity index (χ0n) is 7.28. The van der Waals surface area contributed by atoms with Crippen molar-refractivity contribution in [2.75, 3.05) is 27.4 Å². The number of carbonyl (C=O) groups excluding carboxylic acids is 1. The van der Waals surface area contributed by atoms with E-state index < -0.39 is 5.97 Å². The molecule has 5 nitrogen and oxygen atoms in total. The molecule has 0 spiro atoms. The molecule has 0 heterocycles. The van der Waals surface area contributed by atoms with Crippen LogP contribution in [0.4, 0.5) is 0 Å². The maximum Gasteiger partial charge on any atom is 0.330 e. The monoisotopic (exact) mass is 175 g/mol. The van der Waals surface area contributed by atoms with E-state index in [2.05, 4.69) is 11.3 Å². The molecule has 70 valence electrons. The fourth-order valence-corrected chi connectivity index (χ4v) is 0.537. The third kappa shape index (κ3) is 4.84. The van der Waals surface area contributed by atoms with Crippen LogP contribution >= 0.6 is 0 Å². The molecule has 0 bridgehead atoms. The summed E-state index contributed by atoms with van der Waals surface area (Å²) in [5, 5.41) is 1.19. The summed E-state index contributed by atoms with van der Waals surface area (Å²) in [6, 6.07) is 0. The summed E-state index contributed by atoms with van der Waals surface area (Å²) in [6.45, 7) is 3.80. The van der Waals surface area contributed by atoms with Gasteiger partial charge in [-0.05, 0) is 0 Å². The Labute approximate surface area is 71.4 Å². The molecule has 5 heteroatoms. The molecular weight excluding hydrogens is 162 g/mol. The van der Waals surface area contributed by atoms with E-state index in [1.807, 2.05) is 0 Å². The fraction of sp³-hybridized carbons (Fsp3) is 0.571. The van der Waals surface area contributed by atoms with Crippen LogP contribution in [-0.2, 0) is 19.2 Å². The smallest absolute Gasteiger partial charge is 0.330 e. The molecule has 0 aromatic carbocycles. The number of ether oxygens (including phenoxy) is 1. The van der Waals surface area contributed by atoms with Gasteiger partial charge in [0.15, 0.2) is 0 Å². The Bertz CT molecular complexity index is 144. The minimum Gasteiger partial charge on any atom is -0.461 e. The summed E-state index contributed by atoms with van der Waals surface area (Å²) >= 11 is 0. The first-order chi connectivity index (χ1) is 5.74. The fourth-order valence-electron chi connectivity index (χ4n) is 0.537. The van der Waals surface area contributed by atoms with E-state index in [9.17, 15) is 4.79 Å². The Morgan fingerprint density at radius 3 is 2.50 bits per heavy atom. The van der Waals surface area contributed by atoms with Gasteiger partial charge >= 0.3 is 5.97 Å². The van der Waals surface area contributed by atoms with Gasteiger partial charge in [0.25, 0.3) is 0 Å². The number of rotatable bonds is 6. The molecule has 0 atom stereocenters. The second-order valence-electron chi connectivity index (χ2n) is 1.79. The van der Waals surface area contributed by atoms with Crippen LogP contribution in [0.15, 0.2) is 12.7 Å². The SMILES string of the molecule is C=CC(=O)OCCN(OC)OC. The van der Waals surface area contributed by atoms with Gasteiger partial charge in [0.1, 0.15) is 6.61 Å². The maximum absolute atomic E-state index is 10.5. The Hall–Kier alpha value is -0.910. The molecule has 0 rings (SSSR count). The average molecular weight is 175 g/mol. The number of hydrogen-bond donors (Lipinski definition) is 0. The Morgan fingerprint density at radius 1 is 1.50 bits per heavy atom. The minimum absolute atomic E-state index is 0.201. The Kier molecular flexibility index (Phi) is 6.26. The molecule has 0 aromatic heterocycles. The van der Waals surface area contributed by atoms with Crippen molar-refractivity contribution in [3.63, 3.8) is 0 Å². The van der Waals surface area contributed by atoms with Gasteiger partial charge in [-0.15, -0.1) is 0 Å². The quantitative estimate of drug-likeness (QED) is 0.326. The lowest BCUT2D eigenvalue weighted by Gasteiger charge is -2.15. The van der Waals surface area contributed by atoms with Gasteiger partial charge in [-0.3, -0.25) is 9.68 Å². The van der Waals surface area contributed by atoms with Gasteiger partial charge in [0.2, 0.25) is 0 Å². The minimum atomic E-state index is -0.456. The van der Waals surface area contributed by atoms with E-state index >= 15 is 0 Å². The molecule has 0 aliphatic rings. The third-order valence-corrected chi connectivity index (χ3v) is 1.09. The van der Waals surface area contributed by atoms with E-state index in [0.717, 1.165) is 6.08 Å². The Morgan fingerprint density at radius 2 is 2.08 bits per heavy atom. The molecule has 0 aromatic rings. The number of hydroxylamine groups is 2. The van der Waals surface area contributed by atoms with Crippen molar-refractivity contribution in [3.05, 3.63) is 12.7 Å².